The monoisotopic (exact) mass is 443 g/mol. The molecule has 0 amide bonds. The van der Waals surface area contributed by atoms with Crippen molar-refractivity contribution in [2.75, 3.05) is 6.61 Å². The Morgan fingerprint density at radius 1 is 0.788 bits per heavy atom. The molecular weight excluding hydrogens is 425 g/mol. The predicted molar refractivity (Wildman–Crippen MR) is 121 cm³/mol. The van der Waals surface area contributed by atoms with Crippen molar-refractivity contribution in [1.29, 1.82) is 0 Å². The summed E-state index contributed by atoms with van der Waals surface area (Å²) in [7, 11) is 0. The van der Waals surface area contributed by atoms with Gasteiger partial charge in [0.1, 0.15) is 12.4 Å². The van der Waals surface area contributed by atoms with Crippen LogP contribution >= 0.6 is 0 Å². The fourth-order valence-electron chi connectivity index (χ4n) is 3.09. The van der Waals surface area contributed by atoms with Gasteiger partial charge in [-0.15, -0.1) is 0 Å². The van der Waals surface area contributed by atoms with Crippen LogP contribution in [0.3, 0.4) is 0 Å². The van der Waals surface area contributed by atoms with Gasteiger partial charge in [-0.25, -0.2) is 0 Å². The fraction of sp³-hybridized carbons (Fsp3) is 0.0714. The second-order valence-electron chi connectivity index (χ2n) is 7.03. The number of alkyl halides is 3. The van der Waals surface area contributed by atoms with Gasteiger partial charge in [0.2, 0.25) is 0 Å². The molecule has 0 aromatic heterocycles. The first-order chi connectivity index (χ1) is 16.0. The van der Waals surface area contributed by atoms with Crippen molar-refractivity contribution in [1.82, 2.24) is 0 Å². The van der Waals surface area contributed by atoms with Gasteiger partial charge < -0.3 is 9.47 Å². The van der Waals surface area contributed by atoms with Gasteiger partial charge in [0, 0.05) is 5.56 Å². The third kappa shape index (κ3) is 5.96. The molecule has 0 saturated carbocycles. The molecule has 1 radical (unpaired) electrons. The molecule has 2 nitrogen and oxygen atoms in total. The molecule has 0 aliphatic carbocycles. The highest BCUT2D eigenvalue weighted by Crippen LogP contribution is 2.32. The van der Waals surface area contributed by atoms with Crippen molar-refractivity contribution < 1.29 is 22.6 Å². The van der Waals surface area contributed by atoms with Crippen LogP contribution in [0.1, 0.15) is 11.1 Å². The van der Waals surface area contributed by atoms with Crippen LogP contribution in [0.5, 0.6) is 17.2 Å². The quantitative estimate of drug-likeness (QED) is 0.299. The Morgan fingerprint density at radius 3 is 2.30 bits per heavy atom. The van der Waals surface area contributed by atoms with E-state index in [4.69, 9.17) is 9.47 Å². The molecule has 0 spiro atoms. The van der Waals surface area contributed by atoms with Gasteiger partial charge in [-0.05, 0) is 65.7 Å². The molecule has 4 aromatic carbocycles. The molecule has 0 unspecified atom stereocenters. The summed E-state index contributed by atoms with van der Waals surface area (Å²) in [6.07, 6.45) is -4.37. The average Bonchev–Trinajstić information content (AvgIpc) is 2.83. The summed E-state index contributed by atoms with van der Waals surface area (Å²) in [6, 6.07) is 29.7. The van der Waals surface area contributed by atoms with Gasteiger partial charge in [0.15, 0.2) is 11.5 Å². The summed E-state index contributed by atoms with van der Waals surface area (Å²) in [6.45, 7) is 0.149. The van der Waals surface area contributed by atoms with E-state index in [2.05, 4.69) is 17.9 Å². The van der Waals surface area contributed by atoms with Crippen molar-refractivity contribution in [3.05, 3.63) is 114 Å². The highest BCUT2D eigenvalue weighted by molar-refractivity contribution is 5.65. The van der Waals surface area contributed by atoms with Crippen LogP contribution in [-0.2, 0) is 6.18 Å². The van der Waals surface area contributed by atoms with Gasteiger partial charge in [0.25, 0.3) is 0 Å². The van der Waals surface area contributed by atoms with Crippen molar-refractivity contribution in [2.45, 2.75) is 6.18 Å². The van der Waals surface area contributed by atoms with E-state index in [1.54, 1.807) is 48.5 Å². The smallest absolute Gasteiger partial charge is 0.416 e. The third-order valence-corrected chi connectivity index (χ3v) is 4.70. The largest absolute Gasteiger partial charge is 0.477 e. The molecule has 0 atom stereocenters. The molecule has 0 N–H and O–H groups in total. The maximum Gasteiger partial charge on any atom is 0.416 e. The molecule has 0 heterocycles. The summed E-state index contributed by atoms with van der Waals surface area (Å²) in [5.41, 5.74) is 1.25. The van der Waals surface area contributed by atoms with Crippen LogP contribution in [0, 0.1) is 17.9 Å². The van der Waals surface area contributed by atoms with E-state index in [1.807, 2.05) is 30.3 Å². The van der Waals surface area contributed by atoms with E-state index in [9.17, 15) is 13.2 Å². The van der Waals surface area contributed by atoms with Gasteiger partial charge in [-0.1, -0.05) is 60.4 Å². The van der Waals surface area contributed by atoms with Crippen LogP contribution in [0.15, 0.2) is 97.1 Å². The Bertz CT molecular complexity index is 1270. The summed E-state index contributed by atoms with van der Waals surface area (Å²) >= 11 is 0. The third-order valence-electron chi connectivity index (χ3n) is 4.70. The Hall–Kier alpha value is -4.17. The fourth-order valence-corrected chi connectivity index (χ4v) is 3.09. The van der Waals surface area contributed by atoms with Gasteiger partial charge in [-0.2, -0.15) is 13.2 Å². The van der Waals surface area contributed by atoms with Crippen LogP contribution in [0.2, 0.25) is 0 Å². The molecule has 0 fully saturated rings. The predicted octanol–water partition coefficient (Wildman–Crippen LogP) is 7.40. The number of halogens is 3. The van der Waals surface area contributed by atoms with E-state index in [0.29, 0.717) is 28.4 Å². The highest BCUT2D eigenvalue weighted by Gasteiger charge is 2.30. The SMILES string of the molecule is FC(F)(F)c1cccc(-c2ccc(C#CCOc3ccccc3Oc3c[c]ccc3)cc2)c1. The van der Waals surface area contributed by atoms with E-state index in [0.717, 1.165) is 17.7 Å². The first-order valence-corrected chi connectivity index (χ1v) is 10.1. The molecule has 163 valence electrons. The second kappa shape index (κ2) is 9.97. The van der Waals surface area contributed by atoms with E-state index in [1.165, 1.54) is 6.07 Å². The topological polar surface area (TPSA) is 18.5 Å². The Balaban J connectivity index is 1.40. The highest BCUT2D eigenvalue weighted by atomic mass is 19.4. The standard InChI is InChI=1S/C28H18F3O2/c29-28(30,31)24-10-6-9-23(20-24)22-17-15-21(16-18-22)8-7-19-32-26-13-4-5-14-27(26)33-25-11-2-1-3-12-25/h1-2,4-6,9-18,20H,19H2. The summed E-state index contributed by atoms with van der Waals surface area (Å²) in [5.74, 6) is 7.74. The molecular formula is C28H18F3O2. The first-order valence-electron chi connectivity index (χ1n) is 10.1. The summed E-state index contributed by atoms with van der Waals surface area (Å²) in [5, 5.41) is 0. The maximum absolute atomic E-state index is 12.9. The Kier molecular flexibility index (Phi) is 6.66. The van der Waals surface area contributed by atoms with Crippen molar-refractivity contribution >= 4 is 0 Å². The van der Waals surface area contributed by atoms with Gasteiger partial charge in [0.05, 0.1) is 5.56 Å². The second-order valence-corrected chi connectivity index (χ2v) is 7.03. The van der Waals surface area contributed by atoms with Crippen molar-refractivity contribution in [3.63, 3.8) is 0 Å². The molecule has 4 aromatic rings. The molecule has 4 rings (SSSR count). The lowest BCUT2D eigenvalue weighted by Gasteiger charge is -2.10. The lowest BCUT2D eigenvalue weighted by molar-refractivity contribution is -0.137. The normalized spacial score (nSPS) is 10.8. The van der Waals surface area contributed by atoms with E-state index >= 15 is 0 Å². The van der Waals surface area contributed by atoms with E-state index < -0.39 is 11.7 Å². The van der Waals surface area contributed by atoms with Crippen LogP contribution < -0.4 is 9.47 Å². The molecule has 33 heavy (non-hydrogen) atoms. The number of hydrogen-bond acceptors (Lipinski definition) is 2. The number of benzene rings is 4. The number of rotatable bonds is 5. The zero-order valence-electron chi connectivity index (χ0n) is 17.4. The molecule has 0 aliphatic rings. The number of hydrogen-bond donors (Lipinski definition) is 0. The van der Waals surface area contributed by atoms with Crippen molar-refractivity contribution in [3.8, 4) is 40.2 Å². The Morgan fingerprint density at radius 2 is 1.58 bits per heavy atom. The Labute approximate surface area is 190 Å². The lowest BCUT2D eigenvalue weighted by Crippen LogP contribution is -2.04. The van der Waals surface area contributed by atoms with Gasteiger partial charge in [-0.3, -0.25) is 0 Å². The average molecular weight is 443 g/mol. The molecule has 5 heteroatoms. The number of para-hydroxylation sites is 2. The zero-order chi connectivity index (χ0) is 23.1. The minimum absolute atomic E-state index is 0.149. The first kappa shape index (κ1) is 22.0. The van der Waals surface area contributed by atoms with Crippen LogP contribution in [-0.4, -0.2) is 6.61 Å². The van der Waals surface area contributed by atoms with Crippen LogP contribution in [0.25, 0.3) is 11.1 Å². The lowest BCUT2D eigenvalue weighted by atomic mass is 10.0. The van der Waals surface area contributed by atoms with Gasteiger partial charge >= 0.3 is 6.18 Å². The molecule has 0 saturated heterocycles. The summed E-state index contributed by atoms with van der Waals surface area (Å²) in [4.78, 5) is 0. The molecule has 0 bridgehead atoms. The minimum atomic E-state index is -4.37. The van der Waals surface area contributed by atoms with E-state index in [-0.39, 0.29) is 6.61 Å². The van der Waals surface area contributed by atoms with Crippen molar-refractivity contribution in [2.24, 2.45) is 0 Å². The zero-order valence-corrected chi connectivity index (χ0v) is 17.4. The molecule has 0 aliphatic heterocycles. The minimum Gasteiger partial charge on any atom is -0.477 e. The maximum atomic E-state index is 12.9. The van der Waals surface area contributed by atoms with Crippen LogP contribution in [0.4, 0.5) is 13.2 Å². The summed E-state index contributed by atoms with van der Waals surface area (Å²) < 4.78 is 50.4. The number of ether oxygens (including phenoxy) is 2.